The molecule has 22 heavy (non-hydrogen) atoms. The van der Waals surface area contributed by atoms with Crippen molar-refractivity contribution in [1.82, 2.24) is 9.80 Å². The highest BCUT2D eigenvalue weighted by atomic mass is 35.5. The van der Waals surface area contributed by atoms with Crippen LogP contribution in [0.25, 0.3) is 0 Å². The highest BCUT2D eigenvalue weighted by Gasteiger charge is 2.37. The van der Waals surface area contributed by atoms with Gasteiger partial charge in [-0.05, 0) is 25.0 Å². The van der Waals surface area contributed by atoms with E-state index in [2.05, 4.69) is 0 Å². The molecule has 3 rings (SSSR count). The smallest absolute Gasteiger partial charge is 0.262 e. The molecule has 0 saturated carbocycles. The van der Waals surface area contributed by atoms with Crippen molar-refractivity contribution in [3.8, 4) is 0 Å². The molecule has 2 aliphatic rings. The van der Waals surface area contributed by atoms with Crippen molar-refractivity contribution in [3.05, 3.63) is 35.4 Å². The molecule has 0 unspecified atom stereocenters. The van der Waals surface area contributed by atoms with Crippen LogP contribution in [0.2, 0.25) is 0 Å². The summed E-state index contributed by atoms with van der Waals surface area (Å²) in [5.74, 6) is -0.980. The predicted molar refractivity (Wildman–Crippen MR) is 82.8 cm³/mol. The van der Waals surface area contributed by atoms with Gasteiger partial charge in [0.25, 0.3) is 11.8 Å². The van der Waals surface area contributed by atoms with Gasteiger partial charge in [0, 0.05) is 19.1 Å². The molecule has 0 aliphatic carbocycles. The van der Waals surface area contributed by atoms with Crippen LogP contribution < -0.4 is 5.73 Å². The largest absolute Gasteiger partial charge is 0.341 e. The molecule has 3 amide bonds. The Labute approximate surface area is 134 Å². The van der Waals surface area contributed by atoms with Crippen LogP contribution >= 0.6 is 12.4 Å². The third-order valence-electron chi connectivity index (χ3n) is 4.06. The van der Waals surface area contributed by atoms with Gasteiger partial charge in [-0.3, -0.25) is 19.3 Å². The number of nitrogens with zero attached hydrogens (tertiary/aromatic N) is 2. The van der Waals surface area contributed by atoms with Gasteiger partial charge in [-0.25, -0.2) is 0 Å². The van der Waals surface area contributed by atoms with E-state index in [1.165, 1.54) is 0 Å². The minimum Gasteiger partial charge on any atom is -0.341 e. The minimum atomic E-state index is -0.391. The number of likely N-dealkylation sites (tertiary alicyclic amines) is 1. The molecule has 2 heterocycles. The average molecular weight is 324 g/mol. The predicted octanol–water partition coefficient (Wildman–Crippen LogP) is 0.654. The van der Waals surface area contributed by atoms with Crippen LogP contribution in [0.15, 0.2) is 24.3 Å². The third kappa shape index (κ3) is 2.84. The zero-order chi connectivity index (χ0) is 15.0. The zero-order valence-corrected chi connectivity index (χ0v) is 12.8. The molecule has 0 radical (unpaired) electrons. The van der Waals surface area contributed by atoms with Gasteiger partial charge in [0.2, 0.25) is 5.91 Å². The lowest BCUT2D eigenvalue weighted by Gasteiger charge is -2.31. The van der Waals surface area contributed by atoms with E-state index < -0.39 is 11.8 Å². The number of fused-ring (bicyclic) bond motifs is 1. The second-order valence-electron chi connectivity index (χ2n) is 5.46. The maximum absolute atomic E-state index is 12.2. The Hall–Kier alpha value is -1.92. The van der Waals surface area contributed by atoms with Crippen molar-refractivity contribution in [2.24, 2.45) is 5.73 Å². The monoisotopic (exact) mass is 323 g/mol. The van der Waals surface area contributed by atoms with Gasteiger partial charge in [-0.2, -0.15) is 0 Å². The first-order valence-corrected chi connectivity index (χ1v) is 7.06. The van der Waals surface area contributed by atoms with E-state index in [4.69, 9.17) is 5.73 Å². The van der Waals surface area contributed by atoms with Crippen molar-refractivity contribution in [3.63, 3.8) is 0 Å². The number of nitrogens with two attached hydrogens (primary N) is 1. The Morgan fingerprint density at radius 3 is 2.09 bits per heavy atom. The summed E-state index contributed by atoms with van der Waals surface area (Å²) in [6, 6.07) is 6.77. The first-order valence-electron chi connectivity index (χ1n) is 7.06. The quantitative estimate of drug-likeness (QED) is 0.810. The van der Waals surface area contributed by atoms with Gasteiger partial charge in [0.05, 0.1) is 11.1 Å². The summed E-state index contributed by atoms with van der Waals surface area (Å²) in [4.78, 5) is 39.3. The fourth-order valence-corrected chi connectivity index (χ4v) is 2.77. The van der Waals surface area contributed by atoms with Gasteiger partial charge in [-0.1, -0.05) is 12.1 Å². The van der Waals surface area contributed by atoms with Gasteiger partial charge in [0.1, 0.15) is 6.54 Å². The Morgan fingerprint density at radius 2 is 1.59 bits per heavy atom. The number of imide groups is 1. The van der Waals surface area contributed by atoms with Crippen LogP contribution in [0.1, 0.15) is 33.6 Å². The molecule has 0 aromatic heterocycles. The fourth-order valence-electron chi connectivity index (χ4n) is 2.77. The number of halogens is 1. The molecular weight excluding hydrogens is 306 g/mol. The molecule has 2 aliphatic heterocycles. The average Bonchev–Trinajstić information content (AvgIpc) is 2.73. The second kappa shape index (κ2) is 6.46. The van der Waals surface area contributed by atoms with Crippen LogP contribution in [-0.4, -0.2) is 53.2 Å². The Bertz CT molecular complexity index is 577. The minimum absolute atomic E-state index is 0. The summed E-state index contributed by atoms with van der Waals surface area (Å²) in [6.07, 6.45) is 1.52. The number of carbonyl (C=O) groups excluding carboxylic acids is 3. The number of rotatable bonds is 2. The highest BCUT2D eigenvalue weighted by molar-refractivity contribution is 6.22. The Morgan fingerprint density at radius 1 is 1.09 bits per heavy atom. The highest BCUT2D eigenvalue weighted by Crippen LogP contribution is 2.22. The summed E-state index contributed by atoms with van der Waals surface area (Å²) in [7, 11) is 0. The Kier molecular flexibility index (Phi) is 4.83. The summed E-state index contributed by atoms with van der Waals surface area (Å²) in [6.45, 7) is 0.980. The van der Waals surface area contributed by atoms with Gasteiger partial charge < -0.3 is 10.6 Å². The Balaban J connectivity index is 0.00000176. The molecule has 6 nitrogen and oxygen atoms in total. The second-order valence-corrected chi connectivity index (χ2v) is 5.46. The molecule has 1 aromatic carbocycles. The number of benzene rings is 1. The molecule has 0 bridgehead atoms. The number of piperidine rings is 1. The van der Waals surface area contributed by atoms with E-state index in [-0.39, 0.29) is 30.9 Å². The molecule has 118 valence electrons. The van der Waals surface area contributed by atoms with Crippen molar-refractivity contribution in [1.29, 1.82) is 0 Å². The zero-order valence-electron chi connectivity index (χ0n) is 12.0. The molecule has 1 aromatic rings. The maximum Gasteiger partial charge on any atom is 0.262 e. The van der Waals surface area contributed by atoms with E-state index in [0.717, 1.165) is 17.7 Å². The lowest BCUT2D eigenvalue weighted by atomic mass is 10.1. The number of hydrogen-bond acceptors (Lipinski definition) is 4. The van der Waals surface area contributed by atoms with Crippen molar-refractivity contribution in [2.45, 2.75) is 18.9 Å². The molecule has 1 saturated heterocycles. The van der Waals surface area contributed by atoms with Crippen molar-refractivity contribution in [2.75, 3.05) is 19.6 Å². The van der Waals surface area contributed by atoms with E-state index in [9.17, 15) is 14.4 Å². The third-order valence-corrected chi connectivity index (χ3v) is 4.06. The fraction of sp³-hybridized carbons (Fsp3) is 0.400. The lowest BCUT2D eigenvalue weighted by molar-refractivity contribution is -0.132. The van der Waals surface area contributed by atoms with Crippen LogP contribution in [-0.2, 0) is 4.79 Å². The molecular formula is C15H18ClN3O3. The van der Waals surface area contributed by atoms with E-state index in [0.29, 0.717) is 24.2 Å². The van der Waals surface area contributed by atoms with Crippen LogP contribution in [0.5, 0.6) is 0 Å². The number of carbonyl (C=O) groups is 3. The summed E-state index contributed by atoms with van der Waals surface area (Å²) in [5.41, 5.74) is 6.55. The SMILES string of the molecule is Cl.NC1CCN(C(=O)CN2C(=O)c3ccccc3C2=O)CC1. The van der Waals surface area contributed by atoms with Gasteiger partial charge >= 0.3 is 0 Å². The van der Waals surface area contributed by atoms with Crippen LogP contribution in [0, 0.1) is 0 Å². The van der Waals surface area contributed by atoms with E-state index >= 15 is 0 Å². The summed E-state index contributed by atoms with van der Waals surface area (Å²) >= 11 is 0. The van der Waals surface area contributed by atoms with Gasteiger partial charge in [0.15, 0.2) is 0 Å². The molecule has 1 fully saturated rings. The first-order chi connectivity index (χ1) is 10.1. The molecule has 7 heteroatoms. The molecule has 2 N–H and O–H groups in total. The topological polar surface area (TPSA) is 83.7 Å². The van der Waals surface area contributed by atoms with E-state index in [1.807, 2.05) is 0 Å². The van der Waals surface area contributed by atoms with E-state index in [1.54, 1.807) is 29.2 Å². The van der Waals surface area contributed by atoms with Crippen LogP contribution in [0.4, 0.5) is 0 Å². The number of amides is 3. The van der Waals surface area contributed by atoms with Gasteiger partial charge in [-0.15, -0.1) is 12.4 Å². The summed E-state index contributed by atoms with van der Waals surface area (Å²) in [5, 5.41) is 0. The normalized spacial score (nSPS) is 18.2. The van der Waals surface area contributed by atoms with Crippen molar-refractivity contribution < 1.29 is 14.4 Å². The number of hydrogen-bond donors (Lipinski definition) is 1. The molecule has 0 spiro atoms. The lowest BCUT2D eigenvalue weighted by Crippen LogP contribution is -2.47. The first kappa shape index (κ1) is 16.5. The maximum atomic E-state index is 12.2. The summed E-state index contributed by atoms with van der Waals surface area (Å²) < 4.78 is 0. The van der Waals surface area contributed by atoms with Crippen LogP contribution in [0.3, 0.4) is 0 Å². The van der Waals surface area contributed by atoms with Crippen molar-refractivity contribution >= 4 is 30.1 Å². The molecule has 0 atom stereocenters. The standard InChI is InChI=1S/C15H17N3O3.ClH/c16-10-5-7-17(8-6-10)13(19)9-18-14(20)11-3-1-2-4-12(11)15(18)21;/h1-4,10H,5-9,16H2;1H.